The van der Waals surface area contributed by atoms with Crippen molar-refractivity contribution in [2.75, 3.05) is 13.1 Å². The molecule has 3 nitrogen and oxygen atoms in total. The molecule has 0 saturated heterocycles. The van der Waals surface area contributed by atoms with Crippen LogP contribution in [-0.4, -0.2) is 28.9 Å². The zero-order valence-electron chi connectivity index (χ0n) is 10.4. The second kappa shape index (κ2) is 7.28. The molecule has 17 heavy (non-hydrogen) atoms. The summed E-state index contributed by atoms with van der Waals surface area (Å²) in [6.07, 6.45) is 4.66. The SMILES string of the molecule is CCCCN(CCC)C(=O)c1ccnc(Cl)c1. The summed E-state index contributed by atoms with van der Waals surface area (Å²) in [5.74, 6) is 0.0459. The molecule has 0 aliphatic heterocycles. The molecule has 0 aliphatic carbocycles. The number of amides is 1. The fourth-order valence-electron chi connectivity index (χ4n) is 1.65. The number of aromatic nitrogens is 1. The van der Waals surface area contributed by atoms with Gasteiger partial charge in [-0.15, -0.1) is 0 Å². The van der Waals surface area contributed by atoms with E-state index >= 15 is 0 Å². The van der Waals surface area contributed by atoms with Crippen molar-refractivity contribution in [3.05, 3.63) is 29.0 Å². The lowest BCUT2D eigenvalue weighted by Gasteiger charge is -2.21. The number of hydrogen-bond acceptors (Lipinski definition) is 2. The highest BCUT2D eigenvalue weighted by Crippen LogP contribution is 2.11. The van der Waals surface area contributed by atoms with Gasteiger partial charge < -0.3 is 4.90 Å². The molecular formula is C13H19ClN2O. The Labute approximate surface area is 108 Å². The largest absolute Gasteiger partial charge is 0.339 e. The fraction of sp³-hybridized carbons (Fsp3) is 0.538. The maximum absolute atomic E-state index is 12.2. The van der Waals surface area contributed by atoms with E-state index in [9.17, 15) is 4.79 Å². The van der Waals surface area contributed by atoms with Gasteiger partial charge in [0.25, 0.3) is 5.91 Å². The quantitative estimate of drug-likeness (QED) is 0.729. The average molecular weight is 255 g/mol. The average Bonchev–Trinajstić information content (AvgIpc) is 2.33. The molecule has 0 aromatic carbocycles. The standard InChI is InChI=1S/C13H19ClN2O/c1-3-5-9-16(8-4-2)13(17)11-6-7-15-12(14)10-11/h6-7,10H,3-5,8-9H2,1-2H3. The van der Waals surface area contributed by atoms with Gasteiger partial charge in [0.2, 0.25) is 0 Å². The second-order valence-electron chi connectivity index (χ2n) is 4.01. The van der Waals surface area contributed by atoms with Crippen LogP contribution in [0.4, 0.5) is 0 Å². The zero-order valence-corrected chi connectivity index (χ0v) is 11.2. The molecule has 1 aromatic rings. The minimum absolute atomic E-state index is 0.0459. The van der Waals surface area contributed by atoms with Gasteiger partial charge in [-0.2, -0.15) is 0 Å². The lowest BCUT2D eigenvalue weighted by Crippen LogP contribution is -2.32. The van der Waals surface area contributed by atoms with Crippen molar-refractivity contribution in [1.29, 1.82) is 0 Å². The first kappa shape index (κ1) is 14.0. The van der Waals surface area contributed by atoms with Crippen molar-refractivity contribution < 1.29 is 4.79 Å². The van der Waals surface area contributed by atoms with E-state index in [0.717, 1.165) is 32.4 Å². The topological polar surface area (TPSA) is 33.2 Å². The normalized spacial score (nSPS) is 10.3. The molecule has 1 aromatic heterocycles. The molecule has 94 valence electrons. The van der Waals surface area contributed by atoms with Crippen molar-refractivity contribution >= 4 is 17.5 Å². The van der Waals surface area contributed by atoms with E-state index < -0.39 is 0 Å². The first-order valence-corrected chi connectivity index (χ1v) is 6.47. The van der Waals surface area contributed by atoms with E-state index in [2.05, 4.69) is 18.8 Å². The fourth-order valence-corrected chi connectivity index (χ4v) is 1.83. The van der Waals surface area contributed by atoms with Gasteiger partial charge in [0.05, 0.1) is 0 Å². The highest BCUT2D eigenvalue weighted by atomic mass is 35.5. The molecule has 0 bridgehead atoms. The van der Waals surface area contributed by atoms with Gasteiger partial charge >= 0.3 is 0 Å². The van der Waals surface area contributed by atoms with Crippen LogP contribution in [0.3, 0.4) is 0 Å². The van der Waals surface area contributed by atoms with Gasteiger partial charge in [-0.1, -0.05) is 31.9 Å². The molecule has 0 unspecified atom stereocenters. The van der Waals surface area contributed by atoms with E-state index in [1.165, 1.54) is 0 Å². The lowest BCUT2D eigenvalue weighted by atomic mass is 10.2. The van der Waals surface area contributed by atoms with E-state index in [1.807, 2.05) is 4.90 Å². The van der Waals surface area contributed by atoms with E-state index in [0.29, 0.717) is 10.7 Å². The Bertz CT molecular complexity index is 368. The minimum Gasteiger partial charge on any atom is -0.339 e. The van der Waals surface area contributed by atoms with Gasteiger partial charge in [-0.25, -0.2) is 4.98 Å². The molecule has 4 heteroatoms. The van der Waals surface area contributed by atoms with Crippen LogP contribution in [0.15, 0.2) is 18.3 Å². The lowest BCUT2D eigenvalue weighted by molar-refractivity contribution is 0.0753. The van der Waals surface area contributed by atoms with Crippen molar-refractivity contribution in [2.24, 2.45) is 0 Å². The Balaban J connectivity index is 2.76. The Morgan fingerprint density at radius 2 is 2.12 bits per heavy atom. The molecule has 0 N–H and O–H groups in total. The van der Waals surface area contributed by atoms with E-state index in [1.54, 1.807) is 18.3 Å². The Hall–Kier alpha value is -1.09. The highest BCUT2D eigenvalue weighted by molar-refractivity contribution is 6.29. The van der Waals surface area contributed by atoms with Crippen molar-refractivity contribution in [3.63, 3.8) is 0 Å². The maximum atomic E-state index is 12.2. The highest BCUT2D eigenvalue weighted by Gasteiger charge is 2.14. The molecule has 0 aliphatic rings. The van der Waals surface area contributed by atoms with Crippen LogP contribution >= 0.6 is 11.6 Å². The number of rotatable bonds is 6. The zero-order chi connectivity index (χ0) is 12.7. The summed E-state index contributed by atoms with van der Waals surface area (Å²) in [5.41, 5.74) is 0.620. The predicted octanol–water partition coefficient (Wildman–Crippen LogP) is 3.39. The summed E-state index contributed by atoms with van der Waals surface area (Å²) in [5, 5.41) is 0.364. The summed E-state index contributed by atoms with van der Waals surface area (Å²) in [4.78, 5) is 18.0. The third kappa shape index (κ3) is 4.35. The summed E-state index contributed by atoms with van der Waals surface area (Å²) in [6, 6.07) is 3.33. The van der Waals surface area contributed by atoms with Crippen LogP contribution in [-0.2, 0) is 0 Å². The van der Waals surface area contributed by atoms with Crippen molar-refractivity contribution in [2.45, 2.75) is 33.1 Å². The minimum atomic E-state index is 0.0459. The Morgan fingerprint density at radius 1 is 1.35 bits per heavy atom. The molecular weight excluding hydrogens is 236 g/mol. The summed E-state index contributed by atoms with van der Waals surface area (Å²) in [6.45, 7) is 5.80. The van der Waals surface area contributed by atoms with E-state index in [-0.39, 0.29) is 5.91 Å². The number of hydrogen-bond donors (Lipinski definition) is 0. The van der Waals surface area contributed by atoms with Gasteiger partial charge in [0.15, 0.2) is 0 Å². The predicted molar refractivity (Wildman–Crippen MR) is 70.3 cm³/mol. The number of halogens is 1. The van der Waals surface area contributed by atoms with Gasteiger partial charge in [0, 0.05) is 24.8 Å². The van der Waals surface area contributed by atoms with Crippen LogP contribution < -0.4 is 0 Å². The monoisotopic (exact) mass is 254 g/mol. The van der Waals surface area contributed by atoms with Crippen molar-refractivity contribution in [3.8, 4) is 0 Å². The molecule has 0 atom stereocenters. The Morgan fingerprint density at radius 3 is 2.71 bits per heavy atom. The number of carbonyl (C=O) groups excluding carboxylic acids is 1. The maximum Gasteiger partial charge on any atom is 0.254 e. The molecule has 1 amide bonds. The van der Waals surface area contributed by atoms with Crippen LogP contribution in [0.5, 0.6) is 0 Å². The van der Waals surface area contributed by atoms with E-state index in [4.69, 9.17) is 11.6 Å². The first-order chi connectivity index (χ1) is 8.19. The first-order valence-electron chi connectivity index (χ1n) is 6.09. The molecule has 0 saturated carbocycles. The molecule has 0 fully saturated rings. The summed E-state index contributed by atoms with van der Waals surface area (Å²) < 4.78 is 0. The Kier molecular flexibility index (Phi) is 5.98. The molecule has 0 spiro atoms. The van der Waals surface area contributed by atoms with Crippen LogP contribution in [0.2, 0.25) is 5.15 Å². The number of nitrogens with zero attached hydrogens (tertiary/aromatic N) is 2. The van der Waals surface area contributed by atoms with Gasteiger partial charge in [-0.05, 0) is 25.0 Å². The molecule has 1 heterocycles. The second-order valence-corrected chi connectivity index (χ2v) is 4.40. The summed E-state index contributed by atoms with van der Waals surface area (Å²) >= 11 is 5.79. The number of unbranched alkanes of at least 4 members (excludes halogenated alkanes) is 1. The third-order valence-corrected chi connectivity index (χ3v) is 2.74. The van der Waals surface area contributed by atoms with Crippen LogP contribution in [0.1, 0.15) is 43.5 Å². The molecule has 1 rings (SSSR count). The van der Waals surface area contributed by atoms with Crippen molar-refractivity contribution in [1.82, 2.24) is 9.88 Å². The number of carbonyl (C=O) groups is 1. The summed E-state index contributed by atoms with van der Waals surface area (Å²) in [7, 11) is 0. The van der Waals surface area contributed by atoms with Crippen LogP contribution in [0, 0.1) is 0 Å². The molecule has 0 radical (unpaired) electrons. The van der Waals surface area contributed by atoms with Crippen LogP contribution in [0.25, 0.3) is 0 Å². The number of pyridine rings is 1. The smallest absolute Gasteiger partial charge is 0.254 e. The third-order valence-electron chi connectivity index (χ3n) is 2.54. The van der Waals surface area contributed by atoms with Gasteiger partial charge in [-0.3, -0.25) is 4.79 Å². The van der Waals surface area contributed by atoms with Gasteiger partial charge in [0.1, 0.15) is 5.15 Å².